The van der Waals surface area contributed by atoms with Gasteiger partial charge in [-0.15, -0.1) is 0 Å². The van der Waals surface area contributed by atoms with Crippen LogP contribution in [0.5, 0.6) is 17.2 Å². The van der Waals surface area contributed by atoms with Gasteiger partial charge in [-0.2, -0.15) is 9.78 Å². The molecule has 0 aliphatic rings. The van der Waals surface area contributed by atoms with E-state index in [1.54, 1.807) is 43.5 Å². The van der Waals surface area contributed by atoms with Gasteiger partial charge in [0.25, 0.3) is 5.56 Å². The lowest BCUT2D eigenvalue weighted by molar-refractivity contribution is -0.144. The lowest BCUT2D eigenvalue weighted by Gasteiger charge is -2.18. The van der Waals surface area contributed by atoms with Gasteiger partial charge in [0, 0.05) is 11.1 Å². The fraction of sp³-hybridized carbons (Fsp3) is 0.267. The molecular weight excluding hydrogens is 498 g/mol. The van der Waals surface area contributed by atoms with Crippen LogP contribution in [-0.4, -0.2) is 47.3 Å². The molecule has 0 spiro atoms. The SMILES string of the molecule is COc1cc(C)c(-c2nc3ccccc3c(=O)n2N=Cc2cccc(OC)c2O[C@H](C)C(=O)O)cc1C(C)C. The molecule has 39 heavy (non-hydrogen) atoms. The van der Waals surface area contributed by atoms with Gasteiger partial charge in [-0.05, 0) is 67.3 Å². The number of aryl methyl sites for hydroxylation is 1. The van der Waals surface area contributed by atoms with E-state index in [-0.39, 0.29) is 17.2 Å². The van der Waals surface area contributed by atoms with Gasteiger partial charge in [-0.1, -0.05) is 32.0 Å². The number of aromatic nitrogens is 2. The molecule has 0 bridgehead atoms. The molecule has 1 atom stereocenters. The van der Waals surface area contributed by atoms with Crippen molar-refractivity contribution in [3.8, 4) is 28.6 Å². The molecule has 0 saturated heterocycles. The number of carbonyl (C=O) groups is 1. The molecular formula is C30H31N3O6. The number of carboxylic acid groups (broad SMARTS) is 1. The van der Waals surface area contributed by atoms with Crippen molar-refractivity contribution in [1.82, 2.24) is 9.66 Å². The lowest BCUT2D eigenvalue weighted by atomic mass is 9.96. The van der Waals surface area contributed by atoms with Crippen molar-refractivity contribution >= 4 is 23.1 Å². The van der Waals surface area contributed by atoms with Crippen LogP contribution in [0.3, 0.4) is 0 Å². The summed E-state index contributed by atoms with van der Waals surface area (Å²) in [6.07, 6.45) is 0.307. The molecule has 9 nitrogen and oxygen atoms in total. The van der Waals surface area contributed by atoms with Gasteiger partial charge < -0.3 is 19.3 Å². The van der Waals surface area contributed by atoms with E-state index >= 15 is 0 Å². The van der Waals surface area contributed by atoms with Crippen LogP contribution in [0, 0.1) is 6.92 Å². The zero-order valence-corrected chi connectivity index (χ0v) is 22.8. The molecule has 4 rings (SSSR count). The summed E-state index contributed by atoms with van der Waals surface area (Å²) >= 11 is 0. The first kappa shape index (κ1) is 27.4. The minimum atomic E-state index is -1.13. The summed E-state index contributed by atoms with van der Waals surface area (Å²) in [6, 6.07) is 16.1. The number of methoxy groups -OCH3 is 2. The maximum atomic E-state index is 13.7. The molecule has 0 radical (unpaired) electrons. The molecule has 4 aromatic rings. The molecule has 202 valence electrons. The van der Waals surface area contributed by atoms with Crippen molar-refractivity contribution in [2.45, 2.75) is 39.7 Å². The van der Waals surface area contributed by atoms with E-state index in [2.05, 4.69) is 18.9 Å². The quantitative estimate of drug-likeness (QED) is 0.295. The molecule has 1 aromatic heterocycles. The fourth-order valence-corrected chi connectivity index (χ4v) is 4.24. The Labute approximate surface area is 226 Å². The van der Waals surface area contributed by atoms with E-state index in [0.717, 1.165) is 22.4 Å². The number of benzene rings is 3. The molecule has 9 heteroatoms. The van der Waals surface area contributed by atoms with Crippen LogP contribution in [0.15, 0.2) is 64.5 Å². The van der Waals surface area contributed by atoms with Crippen LogP contribution < -0.4 is 19.8 Å². The molecule has 0 unspecified atom stereocenters. The second-order valence-electron chi connectivity index (χ2n) is 9.35. The highest BCUT2D eigenvalue weighted by Gasteiger charge is 2.20. The van der Waals surface area contributed by atoms with Crippen LogP contribution in [0.1, 0.15) is 43.4 Å². The van der Waals surface area contributed by atoms with E-state index in [0.29, 0.717) is 28.0 Å². The molecule has 0 aliphatic heterocycles. The molecule has 1 N–H and O–H groups in total. The number of fused-ring (bicyclic) bond motifs is 1. The number of para-hydroxylation sites is 2. The average molecular weight is 530 g/mol. The summed E-state index contributed by atoms with van der Waals surface area (Å²) in [5.74, 6) is 0.693. The molecule has 0 amide bonds. The molecule has 0 fully saturated rings. The largest absolute Gasteiger partial charge is 0.496 e. The van der Waals surface area contributed by atoms with Gasteiger partial charge in [-0.25, -0.2) is 9.78 Å². The Bertz CT molecular complexity index is 1620. The van der Waals surface area contributed by atoms with Gasteiger partial charge in [0.1, 0.15) is 5.75 Å². The van der Waals surface area contributed by atoms with Crippen molar-refractivity contribution in [3.05, 3.63) is 81.6 Å². The van der Waals surface area contributed by atoms with Gasteiger partial charge >= 0.3 is 5.97 Å². The Kier molecular flexibility index (Phi) is 7.99. The number of hydrogen-bond donors (Lipinski definition) is 1. The summed E-state index contributed by atoms with van der Waals surface area (Å²) < 4.78 is 17.9. The van der Waals surface area contributed by atoms with Gasteiger partial charge in [0.05, 0.1) is 31.3 Å². The molecule has 3 aromatic carbocycles. The minimum absolute atomic E-state index is 0.163. The molecule has 0 aliphatic carbocycles. The van der Waals surface area contributed by atoms with Crippen molar-refractivity contribution in [3.63, 3.8) is 0 Å². The second kappa shape index (κ2) is 11.4. The van der Waals surface area contributed by atoms with Gasteiger partial charge in [0.15, 0.2) is 23.4 Å². The summed E-state index contributed by atoms with van der Waals surface area (Å²) in [5.41, 5.74) is 3.21. The third-order valence-corrected chi connectivity index (χ3v) is 6.38. The van der Waals surface area contributed by atoms with E-state index in [1.807, 2.05) is 25.1 Å². The monoisotopic (exact) mass is 529 g/mol. The maximum absolute atomic E-state index is 13.7. The third kappa shape index (κ3) is 5.47. The number of nitrogens with zero attached hydrogens (tertiary/aromatic N) is 3. The maximum Gasteiger partial charge on any atom is 0.344 e. The van der Waals surface area contributed by atoms with Gasteiger partial charge in [-0.3, -0.25) is 4.79 Å². The van der Waals surface area contributed by atoms with Crippen LogP contribution in [-0.2, 0) is 4.79 Å². The zero-order chi connectivity index (χ0) is 28.3. The van der Waals surface area contributed by atoms with E-state index in [4.69, 9.17) is 19.2 Å². The zero-order valence-electron chi connectivity index (χ0n) is 22.8. The Hall–Kier alpha value is -4.66. The fourth-order valence-electron chi connectivity index (χ4n) is 4.24. The van der Waals surface area contributed by atoms with Crippen LogP contribution in [0.2, 0.25) is 0 Å². The van der Waals surface area contributed by atoms with E-state index in [9.17, 15) is 14.7 Å². The first-order valence-corrected chi connectivity index (χ1v) is 12.5. The standard InChI is InChI=1S/C30H31N3O6/c1-17(2)22-15-23(18(3)14-26(22)38-6)28-32-24-12-8-7-11-21(24)29(34)33(28)31-16-20-10-9-13-25(37-5)27(20)39-19(4)30(35)36/h7-17,19H,1-6H3,(H,35,36)/t19-/m1/s1. The summed E-state index contributed by atoms with van der Waals surface area (Å²) in [5, 5.41) is 14.3. The number of aliphatic carboxylic acids is 1. The number of ether oxygens (including phenoxy) is 3. The number of hydrogen-bond acceptors (Lipinski definition) is 7. The predicted molar refractivity (Wildman–Crippen MR) is 151 cm³/mol. The highest BCUT2D eigenvalue weighted by Crippen LogP contribution is 2.34. The van der Waals surface area contributed by atoms with E-state index in [1.165, 1.54) is 24.9 Å². The highest BCUT2D eigenvalue weighted by molar-refractivity contribution is 5.86. The third-order valence-electron chi connectivity index (χ3n) is 6.38. The minimum Gasteiger partial charge on any atom is -0.496 e. The Morgan fingerprint density at radius 3 is 2.41 bits per heavy atom. The van der Waals surface area contributed by atoms with Crippen LogP contribution in [0.4, 0.5) is 0 Å². The lowest BCUT2D eigenvalue weighted by Crippen LogP contribution is -2.24. The predicted octanol–water partition coefficient (Wildman–Crippen LogP) is 5.25. The van der Waals surface area contributed by atoms with Crippen molar-refractivity contribution < 1.29 is 24.1 Å². The topological polar surface area (TPSA) is 112 Å². The number of rotatable bonds is 9. The summed E-state index contributed by atoms with van der Waals surface area (Å²) in [4.78, 5) is 30.0. The Morgan fingerprint density at radius 2 is 1.74 bits per heavy atom. The molecule has 1 heterocycles. The first-order chi connectivity index (χ1) is 18.7. The van der Waals surface area contributed by atoms with Crippen LogP contribution >= 0.6 is 0 Å². The van der Waals surface area contributed by atoms with Crippen molar-refractivity contribution in [2.75, 3.05) is 14.2 Å². The van der Waals surface area contributed by atoms with Crippen LogP contribution in [0.25, 0.3) is 22.3 Å². The average Bonchev–Trinajstić information content (AvgIpc) is 2.92. The summed E-state index contributed by atoms with van der Waals surface area (Å²) in [6.45, 7) is 7.49. The molecule has 0 saturated carbocycles. The Morgan fingerprint density at radius 1 is 1.03 bits per heavy atom. The van der Waals surface area contributed by atoms with Gasteiger partial charge in [0.2, 0.25) is 0 Å². The normalized spacial score (nSPS) is 12.2. The summed E-state index contributed by atoms with van der Waals surface area (Å²) in [7, 11) is 3.09. The highest BCUT2D eigenvalue weighted by atomic mass is 16.5. The second-order valence-corrected chi connectivity index (χ2v) is 9.35. The van der Waals surface area contributed by atoms with Crippen molar-refractivity contribution in [1.29, 1.82) is 0 Å². The first-order valence-electron chi connectivity index (χ1n) is 12.5. The van der Waals surface area contributed by atoms with E-state index < -0.39 is 12.1 Å². The number of carboxylic acids is 1. The Balaban J connectivity index is 1.96. The van der Waals surface area contributed by atoms with Crippen molar-refractivity contribution in [2.24, 2.45) is 5.10 Å². The smallest absolute Gasteiger partial charge is 0.344 e.